The molecule has 0 aliphatic carbocycles. The van der Waals surface area contributed by atoms with Crippen LogP contribution in [0.4, 0.5) is 11.4 Å². The Labute approximate surface area is 189 Å². The number of hydrogen-bond donors (Lipinski definition) is 0. The van der Waals surface area contributed by atoms with Gasteiger partial charge in [0.25, 0.3) is 0 Å². The Kier molecular flexibility index (Phi) is 8.27. The molecule has 31 heavy (non-hydrogen) atoms. The molecule has 0 aromatic heterocycles. The monoisotopic (exact) mass is 437 g/mol. The first kappa shape index (κ1) is 23.0. The van der Waals surface area contributed by atoms with Gasteiger partial charge in [0.05, 0.1) is 17.5 Å². The lowest BCUT2D eigenvalue weighted by atomic mass is 10.3. The summed E-state index contributed by atoms with van der Waals surface area (Å²) in [6.45, 7) is 3.86. The highest BCUT2D eigenvalue weighted by Gasteiger charge is 2.29. The maximum Gasteiger partial charge on any atom is 0.170 e. The van der Waals surface area contributed by atoms with E-state index in [2.05, 4.69) is 105 Å². The highest BCUT2D eigenvalue weighted by atomic mass is 32.2. The van der Waals surface area contributed by atoms with Gasteiger partial charge < -0.3 is 19.3 Å². The van der Waals surface area contributed by atoms with Crippen molar-refractivity contribution in [1.29, 1.82) is 0 Å². The van der Waals surface area contributed by atoms with Gasteiger partial charge in [-0.1, -0.05) is 6.07 Å². The Morgan fingerprint density at radius 1 is 0.677 bits per heavy atom. The van der Waals surface area contributed by atoms with Crippen LogP contribution in [0, 0.1) is 0 Å². The van der Waals surface area contributed by atoms with Crippen molar-refractivity contribution in [3.8, 4) is 5.75 Å². The van der Waals surface area contributed by atoms with Crippen molar-refractivity contribution in [3.63, 3.8) is 0 Å². The molecule has 0 saturated heterocycles. The van der Waals surface area contributed by atoms with Crippen molar-refractivity contribution in [2.75, 3.05) is 57.8 Å². The summed E-state index contributed by atoms with van der Waals surface area (Å²) in [5.74, 6) is 0.879. The van der Waals surface area contributed by atoms with Gasteiger partial charge in [-0.25, -0.2) is 0 Å². The zero-order valence-electron chi connectivity index (χ0n) is 19.2. The van der Waals surface area contributed by atoms with Crippen molar-refractivity contribution >= 4 is 22.3 Å². The maximum absolute atomic E-state index is 5.94. The normalized spacial score (nSPS) is 10.9. The van der Waals surface area contributed by atoms with E-state index in [-0.39, 0.29) is 10.9 Å². The largest absolute Gasteiger partial charge is 0.491 e. The van der Waals surface area contributed by atoms with Crippen molar-refractivity contribution in [2.45, 2.75) is 21.6 Å². The molecule has 5 heteroatoms. The van der Waals surface area contributed by atoms with Crippen LogP contribution in [0.2, 0.25) is 0 Å². The van der Waals surface area contributed by atoms with Crippen LogP contribution in [-0.4, -0.2) is 48.0 Å². The number of anilines is 2. The lowest BCUT2D eigenvalue weighted by Gasteiger charge is -2.15. The van der Waals surface area contributed by atoms with Gasteiger partial charge in [0.2, 0.25) is 0 Å². The molecule has 0 spiro atoms. The van der Waals surface area contributed by atoms with Crippen LogP contribution in [0.15, 0.2) is 87.5 Å². The lowest BCUT2D eigenvalue weighted by molar-refractivity contribution is 0.110. The van der Waals surface area contributed by atoms with Crippen LogP contribution < -0.4 is 14.5 Å². The Bertz CT molecular complexity index is 889. The van der Waals surface area contributed by atoms with Gasteiger partial charge in [-0.15, -0.1) is 0 Å². The lowest BCUT2D eigenvalue weighted by Crippen LogP contribution is -2.11. The molecule has 0 fully saturated rings. The van der Waals surface area contributed by atoms with Gasteiger partial charge in [-0.05, 0) is 67.6 Å². The van der Waals surface area contributed by atoms with Gasteiger partial charge in [-0.2, -0.15) is 0 Å². The zero-order valence-corrected chi connectivity index (χ0v) is 20.0. The number of benzene rings is 3. The first-order valence-corrected chi connectivity index (χ1v) is 11.8. The minimum absolute atomic E-state index is 0.225. The second-order valence-electron chi connectivity index (χ2n) is 7.60. The summed E-state index contributed by atoms with van der Waals surface area (Å²) in [4.78, 5) is 8.06. The third kappa shape index (κ3) is 6.18. The van der Waals surface area contributed by atoms with Crippen LogP contribution in [-0.2, 0) is 15.6 Å². The van der Waals surface area contributed by atoms with E-state index in [0.717, 1.165) is 5.75 Å². The van der Waals surface area contributed by atoms with Gasteiger partial charge in [0, 0.05) is 52.2 Å². The van der Waals surface area contributed by atoms with Crippen molar-refractivity contribution in [1.82, 2.24) is 0 Å². The topological polar surface area (TPSA) is 24.9 Å². The molecule has 0 radical (unpaired) electrons. The van der Waals surface area contributed by atoms with Gasteiger partial charge >= 0.3 is 0 Å². The van der Waals surface area contributed by atoms with E-state index in [4.69, 9.17) is 9.47 Å². The Hall–Kier alpha value is -2.63. The van der Waals surface area contributed by atoms with Crippen molar-refractivity contribution in [2.24, 2.45) is 0 Å². The van der Waals surface area contributed by atoms with E-state index in [1.165, 1.54) is 26.1 Å². The molecular formula is C26H33N2O2S+. The first-order chi connectivity index (χ1) is 15.0. The van der Waals surface area contributed by atoms with Crippen LogP contribution in [0.25, 0.3) is 0 Å². The molecule has 0 aliphatic rings. The Balaban J connectivity index is 1.95. The highest BCUT2D eigenvalue weighted by Crippen LogP contribution is 2.34. The Morgan fingerprint density at radius 3 is 1.71 bits per heavy atom. The standard InChI is InChI=1S/C26H33N2O2S/c1-6-29-18-19-30-23-8-7-9-26(20-23)31(24-14-10-21(11-15-24)27(2)3)25-16-12-22(13-17-25)28(4)5/h7-17,20H,6,18-19H2,1-5H3/q+1. The summed E-state index contributed by atoms with van der Waals surface area (Å²) in [5.41, 5.74) is 2.39. The molecule has 0 bridgehead atoms. The maximum atomic E-state index is 5.94. The fourth-order valence-corrected chi connectivity index (χ4v) is 5.30. The molecule has 0 heterocycles. The third-order valence-electron chi connectivity index (χ3n) is 4.92. The van der Waals surface area contributed by atoms with E-state index in [1.807, 2.05) is 13.0 Å². The molecule has 4 nitrogen and oxygen atoms in total. The summed E-state index contributed by atoms with van der Waals surface area (Å²) in [5, 5.41) is 0. The van der Waals surface area contributed by atoms with E-state index >= 15 is 0 Å². The second-order valence-corrected chi connectivity index (χ2v) is 9.63. The predicted molar refractivity (Wildman–Crippen MR) is 132 cm³/mol. The van der Waals surface area contributed by atoms with Crippen LogP contribution in [0.5, 0.6) is 5.75 Å². The fraction of sp³-hybridized carbons (Fsp3) is 0.308. The molecule has 0 unspecified atom stereocenters. The number of nitrogens with zero attached hydrogens (tertiary/aromatic N) is 2. The van der Waals surface area contributed by atoms with E-state index in [0.29, 0.717) is 19.8 Å². The summed E-state index contributed by atoms with van der Waals surface area (Å²) >= 11 is 0. The molecule has 0 saturated carbocycles. The van der Waals surface area contributed by atoms with E-state index in [1.54, 1.807) is 0 Å². The summed E-state index contributed by atoms with van der Waals surface area (Å²) in [7, 11) is 8.04. The summed E-state index contributed by atoms with van der Waals surface area (Å²) in [6.07, 6.45) is 0. The first-order valence-electron chi connectivity index (χ1n) is 10.6. The van der Waals surface area contributed by atoms with Crippen LogP contribution >= 0.6 is 0 Å². The molecule has 0 aliphatic heterocycles. The molecule has 3 aromatic carbocycles. The third-order valence-corrected chi connectivity index (χ3v) is 7.13. The Morgan fingerprint density at radius 2 is 1.23 bits per heavy atom. The van der Waals surface area contributed by atoms with Gasteiger partial charge in [0.15, 0.2) is 14.7 Å². The average Bonchev–Trinajstić information content (AvgIpc) is 2.78. The zero-order chi connectivity index (χ0) is 22.2. The molecule has 3 aromatic rings. The molecular weight excluding hydrogens is 404 g/mol. The quantitative estimate of drug-likeness (QED) is 0.316. The minimum atomic E-state index is -0.225. The summed E-state index contributed by atoms with van der Waals surface area (Å²) < 4.78 is 11.3. The molecule has 0 N–H and O–H groups in total. The van der Waals surface area contributed by atoms with Gasteiger partial charge in [0.1, 0.15) is 12.4 Å². The van der Waals surface area contributed by atoms with Crippen molar-refractivity contribution < 1.29 is 9.47 Å². The molecule has 164 valence electrons. The number of rotatable bonds is 10. The van der Waals surface area contributed by atoms with Crippen molar-refractivity contribution in [3.05, 3.63) is 72.8 Å². The second kappa shape index (κ2) is 11.1. The van der Waals surface area contributed by atoms with E-state index in [9.17, 15) is 0 Å². The minimum Gasteiger partial charge on any atom is -0.491 e. The predicted octanol–water partition coefficient (Wildman–Crippen LogP) is 5.33. The molecule has 3 rings (SSSR count). The highest BCUT2D eigenvalue weighted by molar-refractivity contribution is 7.97. The molecule has 0 amide bonds. The smallest absolute Gasteiger partial charge is 0.170 e. The summed E-state index contributed by atoms with van der Waals surface area (Å²) in [6, 6.07) is 26.1. The van der Waals surface area contributed by atoms with Crippen LogP contribution in [0.3, 0.4) is 0 Å². The fourth-order valence-electron chi connectivity index (χ4n) is 3.22. The SMILES string of the molecule is CCOCCOc1cccc([S+](c2ccc(N(C)C)cc2)c2ccc(N(C)C)cc2)c1. The molecule has 0 atom stereocenters. The van der Waals surface area contributed by atoms with E-state index < -0.39 is 0 Å². The van der Waals surface area contributed by atoms with Crippen LogP contribution in [0.1, 0.15) is 6.92 Å². The number of hydrogen-bond acceptors (Lipinski definition) is 4. The average molecular weight is 438 g/mol. The van der Waals surface area contributed by atoms with Gasteiger partial charge in [-0.3, -0.25) is 0 Å². The number of ether oxygens (including phenoxy) is 2.